The van der Waals surface area contributed by atoms with Gasteiger partial charge in [-0.25, -0.2) is 18.6 Å². The van der Waals surface area contributed by atoms with Crippen molar-refractivity contribution in [3.63, 3.8) is 0 Å². The Bertz CT molecular complexity index is 794. The van der Waals surface area contributed by atoms with Crippen molar-refractivity contribution in [2.75, 3.05) is 0 Å². The van der Waals surface area contributed by atoms with Gasteiger partial charge < -0.3 is 0 Å². The number of benzene rings is 2. The van der Waals surface area contributed by atoms with Crippen molar-refractivity contribution in [1.82, 2.24) is 4.68 Å². The van der Waals surface area contributed by atoms with Crippen LogP contribution in [0.4, 0.5) is 0 Å². The fourth-order valence-corrected chi connectivity index (χ4v) is 2.63. The fraction of sp³-hybridized carbons (Fsp3) is 0.211. The van der Waals surface area contributed by atoms with Crippen molar-refractivity contribution in [2.45, 2.75) is 13.8 Å². The van der Waals surface area contributed by atoms with Gasteiger partial charge in [0.25, 0.3) is 0 Å². The third-order valence-corrected chi connectivity index (χ3v) is 4.12. The van der Waals surface area contributed by atoms with Gasteiger partial charge in [0, 0.05) is 17.2 Å². The molecule has 0 fully saturated rings. The second-order valence-electron chi connectivity index (χ2n) is 6.07. The molecule has 0 saturated heterocycles. The third kappa shape index (κ3) is 5.39. The summed E-state index contributed by atoms with van der Waals surface area (Å²) in [7, 11) is -0.736. The Labute approximate surface area is 154 Å². The lowest BCUT2D eigenvalue weighted by atomic mass is 10.1. The van der Waals surface area contributed by atoms with Gasteiger partial charge in [0.2, 0.25) is 5.69 Å². The normalized spacial score (nSPS) is 11.1. The molecule has 138 valence electrons. The molecule has 3 aromatic rings. The van der Waals surface area contributed by atoms with Gasteiger partial charge in [-0.05, 0) is 26.0 Å². The van der Waals surface area contributed by atoms with Crippen molar-refractivity contribution in [1.29, 1.82) is 0 Å². The molecule has 0 unspecified atom stereocenters. The highest BCUT2D eigenvalue weighted by Crippen LogP contribution is 2.24. The van der Waals surface area contributed by atoms with Gasteiger partial charge >= 0.3 is 0 Å². The van der Waals surface area contributed by atoms with Crippen molar-refractivity contribution in [2.24, 2.45) is 14.1 Å². The number of halogens is 1. The van der Waals surface area contributed by atoms with Crippen LogP contribution in [-0.2, 0) is 14.1 Å². The quantitative estimate of drug-likeness (QED) is 0.538. The topological polar surface area (TPSA) is 101 Å². The number of rotatable bonds is 2. The van der Waals surface area contributed by atoms with Gasteiger partial charge in [0.05, 0.1) is 7.05 Å². The first kappa shape index (κ1) is 20.1. The van der Waals surface area contributed by atoms with E-state index in [9.17, 15) is 0 Å². The second kappa shape index (κ2) is 7.99. The van der Waals surface area contributed by atoms with Crippen molar-refractivity contribution < 1.29 is 33.6 Å². The molecule has 2 aromatic carbocycles. The van der Waals surface area contributed by atoms with Crippen molar-refractivity contribution in [3.05, 3.63) is 65.7 Å². The van der Waals surface area contributed by atoms with Crippen LogP contribution in [0.1, 0.15) is 11.1 Å². The SMILES string of the molecule is Cc1ccc(-c2cc(-c3ccc(C)cc3)[n+](C)n2C)cc1.[O-][Cl+3]([O-])([O-])[O-]. The molecule has 0 saturated carbocycles. The summed E-state index contributed by atoms with van der Waals surface area (Å²) >= 11 is 0. The molecule has 0 aliphatic heterocycles. The maximum atomic E-state index is 8.49. The van der Waals surface area contributed by atoms with E-state index in [1.165, 1.54) is 33.6 Å². The lowest BCUT2D eigenvalue weighted by Gasteiger charge is -2.17. The largest absolute Gasteiger partial charge is 0.238 e. The molecule has 0 amide bonds. The van der Waals surface area contributed by atoms with Crippen molar-refractivity contribution in [3.8, 4) is 22.5 Å². The van der Waals surface area contributed by atoms with Gasteiger partial charge in [-0.3, -0.25) is 0 Å². The highest BCUT2D eigenvalue weighted by Gasteiger charge is 2.19. The minimum absolute atomic E-state index is 1.23. The Morgan fingerprint density at radius 3 is 1.58 bits per heavy atom. The van der Waals surface area contributed by atoms with E-state index in [0.29, 0.717) is 0 Å². The van der Waals surface area contributed by atoms with Gasteiger partial charge in [-0.15, -0.1) is 14.9 Å². The van der Waals surface area contributed by atoms with Crippen LogP contribution in [0, 0.1) is 24.1 Å². The first-order chi connectivity index (χ1) is 12.1. The van der Waals surface area contributed by atoms with Gasteiger partial charge in [0.15, 0.2) is 7.05 Å². The number of nitrogens with zero attached hydrogens (tertiary/aromatic N) is 2. The lowest BCUT2D eigenvalue weighted by Crippen LogP contribution is -2.68. The Morgan fingerprint density at radius 2 is 1.15 bits per heavy atom. The average Bonchev–Trinajstić information content (AvgIpc) is 2.84. The van der Waals surface area contributed by atoms with Crippen LogP contribution in [0.2, 0.25) is 0 Å². The smallest absolute Gasteiger partial charge is 0.222 e. The van der Waals surface area contributed by atoms with Crippen LogP contribution in [0.25, 0.3) is 22.5 Å². The summed E-state index contributed by atoms with van der Waals surface area (Å²) in [4.78, 5) is 0. The van der Waals surface area contributed by atoms with E-state index in [2.05, 4.69) is 91.9 Å². The zero-order valence-electron chi connectivity index (χ0n) is 15.1. The number of aromatic nitrogens is 2. The number of hydrogen-bond donors (Lipinski definition) is 0. The van der Waals surface area contributed by atoms with E-state index in [4.69, 9.17) is 18.6 Å². The first-order valence-corrected chi connectivity index (χ1v) is 9.11. The van der Waals surface area contributed by atoms with Crippen LogP contribution >= 0.6 is 0 Å². The molecule has 0 spiro atoms. The van der Waals surface area contributed by atoms with Crippen LogP contribution in [0.15, 0.2) is 54.6 Å². The summed E-state index contributed by atoms with van der Waals surface area (Å²) in [6, 6.07) is 19.6. The molecule has 0 bridgehead atoms. The number of hydrogen-bond acceptors (Lipinski definition) is 4. The second-order valence-corrected chi connectivity index (χ2v) is 6.83. The Kier molecular flexibility index (Phi) is 6.17. The van der Waals surface area contributed by atoms with E-state index < -0.39 is 10.2 Å². The molecule has 1 aromatic heterocycles. The average molecular weight is 377 g/mol. The minimum Gasteiger partial charge on any atom is -0.222 e. The highest BCUT2D eigenvalue weighted by atomic mass is 35.7. The summed E-state index contributed by atoms with van der Waals surface area (Å²) in [6.45, 7) is 4.24. The van der Waals surface area contributed by atoms with Crippen molar-refractivity contribution >= 4 is 0 Å². The molecule has 0 N–H and O–H groups in total. The summed E-state index contributed by atoms with van der Waals surface area (Å²) in [5.74, 6) is 0. The zero-order chi connectivity index (χ0) is 19.5. The monoisotopic (exact) mass is 376 g/mol. The minimum atomic E-state index is -4.94. The predicted octanol–water partition coefficient (Wildman–Crippen LogP) is -0.956. The molecule has 6 nitrogen and oxygen atoms in total. The predicted molar refractivity (Wildman–Crippen MR) is 86.9 cm³/mol. The summed E-state index contributed by atoms with van der Waals surface area (Å²) in [5, 5.41) is 0. The zero-order valence-corrected chi connectivity index (χ0v) is 15.9. The summed E-state index contributed by atoms with van der Waals surface area (Å²) in [5.41, 5.74) is 7.53. The van der Waals surface area contributed by atoms with Crippen LogP contribution < -0.4 is 23.3 Å². The highest BCUT2D eigenvalue weighted by molar-refractivity contribution is 5.66. The van der Waals surface area contributed by atoms with Crippen LogP contribution in [0.5, 0.6) is 0 Å². The molecular formula is C19H21ClN2O4. The molecule has 0 aliphatic carbocycles. The van der Waals surface area contributed by atoms with E-state index in [0.717, 1.165) is 0 Å². The molecule has 3 rings (SSSR count). The summed E-state index contributed by atoms with van der Waals surface area (Å²) in [6.07, 6.45) is 0. The van der Waals surface area contributed by atoms with Crippen LogP contribution in [0.3, 0.4) is 0 Å². The first-order valence-electron chi connectivity index (χ1n) is 7.88. The standard InChI is InChI=1S/C19H21N2.ClHO4/c1-14-5-9-16(10-6-14)18-13-19(21(4)20(18)3)17-11-7-15(2)8-12-17;2-1(3,4)5/h5-13H,1-4H3;(H,2,3,4,5)/q+1;/p-1. The molecule has 7 heteroatoms. The third-order valence-electron chi connectivity index (χ3n) is 4.12. The van der Waals surface area contributed by atoms with Gasteiger partial charge in [-0.2, -0.15) is 4.68 Å². The molecular weight excluding hydrogens is 356 g/mol. The van der Waals surface area contributed by atoms with Crippen LogP contribution in [-0.4, -0.2) is 4.68 Å². The molecule has 0 atom stereocenters. The van der Waals surface area contributed by atoms with Gasteiger partial charge in [0.1, 0.15) is 5.69 Å². The maximum Gasteiger partial charge on any atom is 0.238 e. The Balaban J connectivity index is 0.000000431. The Hall–Kier alpha value is -2.22. The molecule has 0 radical (unpaired) electrons. The Morgan fingerprint density at radius 1 is 0.769 bits per heavy atom. The maximum absolute atomic E-state index is 8.49. The van der Waals surface area contributed by atoms with E-state index in [-0.39, 0.29) is 0 Å². The van der Waals surface area contributed by atoms with E-state index in [1.807, 2.05) is 0 Å². The summed E-state index contributed by atoms with van der Waals surface area (Å²) < 4.78 is 38.4. The molecule has 1 heterocycles. The lowest BCUT2D eigenvalue weighted by molar-refractivity contribution is -2.00. The van der Waals surface area contributed by atoms with Gasteiger partial charge in [-0.1, -0.05) is 47.5 Å². The molecule has 26 heavy (non-hydrogen) atoms. The van der Waals surface area contributed by atoms with E-state index >= 15 is 0 Å². The van der Waals surface area contributed by atoms with E-state index in [1.54, 1.807) is 0 Å². The number of aryl methyl sites for hydroxylation is 2. The molecule has 0 aliphatic rings. The fourth-order valence-electron chi connectivity index (χ4n) is 2.63.